The highest BCUT2D eigenvalue weighted by molar-refractivity contribution is 7.80. The summed E-state index contributed by atoms with van der Waals surface area (Å²) in [5, 5.41) is 20.3. The van der Waals surface area contributed by atoms with Crippen molar-refractivity contribution in [2.75, 3.05) is 6.54 Å². The Labute approximate surface area is 161 Å². The van der Waals surface area contributed by atoms with Crippen LogP contribution in [-0.2, 0) is 9.59 Å². The van der Waals surface area contributed by atoms with Crippen LogP contribution in [0.25, 0.3) is 17.2 Å². The number of amides is 2. The maximum atomic E-state index is 12.6. The van der Waals surface area contributed by atoms with Crippen LogP contribution in [0.4, 0.5) is 5.69 Å². The van der Waals surface area contributed by atoms with Gasteiger partial charge in [0.25, 0.3) is 17.5 Å². The second-order valence-corrected chi connectivity index (χ2v) is 7.06. The van der Waals surface area contributed by atoms with Gasteiger partial charge in [0.15, 0.2) is 5.11 Å². The first-order valence-electron chi connectivity index (χ1n) is 7.21. The maximum absolute atomic E-state index is 12.6. The Morgan fingerprint density at radius 3 is 2.62 bits per heavy atom. The molecule has 3 heterocycles. The van der Waals surface area contributed by atoms with Gasteiger partial charge in [-0.2, -0.15) is 11.3 Å². The molecule has 0 saturated carbocycles. The predicted molar refractivity (Wildman–Crippen MR) is 105 cm³/mol. The molecule has 0 atom stereocenters. The molecule has 0 aliphatic carbocycles. The number of thiophene rings is 2. The molecule has 1 N–H and O–H groups in total. The summed E-state index contributed by atoms with van der Waals surface area (Å²) >= 11 is 7.55. The van der Waals surface area contributed by atoms with Gasteiger partial charge in [-0.05, 0) is 34.6 Å². The van der Waals surface area contributed by atoms with Crippen LogP contribution < -0.4 is 5.32 Å². The smallest absolute Gasteiger partial charge is 0.287 e. The highest BCUT2D eigenvalue weighted by Gasteiger charge is 2.33. The third kappa shape index (κ3) is 3.21. The van der Waals surface area contributed by atoms with Gasteiger partial charge in [-0.1, -0.05) is 6.08 Å². The van der Waals surface area contributed by atoms with E-state index in [4.69, 9.17) is 12.2 Å². The van der Waals surface area contributed by atoms with E-state index in [1.54, 1.807) is 16.1 Å². The Bertz CT molecular complexity index is 973. The minimum absolute atomic E-state index is 0.0121. The van der Waals surface area contributed by atoms with E-state index >= 15 is 0 Å². The SMILES string of the molecule is C=CCN1C(=O)C(=Cc2cscc2-c2cscc2[N+](=O)[O-])C(=O)NC1=S. The Hall–Kier alpha value is -2.69. The summed E-state index contributed by atoms with van der Waals surface area (Å²) in [6.45, 7) is 3.74. The number of hydrogen-bond acceptors (Lipinski definition) is 7. The summed E-state index contributed by atoms with van der Waals surface area (Å²) in [5.74, 6) is -1.13. The number of carbonyl (C=O) groups is 2. The van der Waals surface area contributed by atoms with E-state index in [0.29, 0.717) is 16.7 Å². The van der Waals surface area contributed by atoms with Crippen molar-refractivity contribution < 1.29 is 14.5 Å². The molecule has 1 aliphatic heterocycles. The molecule has 26 heavy (non-hydrogen) atoms. The number of nitrogens with zero attached hydrogens (tertiary/aromatic N) is 2. The van der Waals surface area contributed by atoms with Gasteiger partial charge in [-0.25, -0.2) is 0 Å². The minimum Gasteiger partial charge on any atom is -0.298 e. The second-order valence-electron chi connectivity index (χ2n) is 5.19. The normalized spacial score (nSPS) is 16.1. The zero-order chi connectivity index (χ0) is 18.8. The highest BCUT2D eigenvalue weighted by atomic mass is 32.1. The first-order chi connectivity index (χ1) is 12.4. The van der Waals surface area contributed by atoms with Gasteiger partial charge < -0.3 is 0 Å². The van der Waals surface area contributed by atoms with Crippen LogP contribution >= 0.6 is 34.9 Å². The van der Waals surface area contributed by atoms with Crippen molar-refractivity contribution in [2.24, 2.45) is 0 Å². The number of nitrogens with one attached hydrogen (secondary N) is 1. The summed E-state index contributed by atoms with van der Waals surface area (Å²) in [6, 6.07) is 0. The summed E-state index contributed by atoms with van der Waals surface area (Å²) in [6.07, 6.45) is 2.94. The molecule has 0 aromatic carbocycles. The molecular weight excluding hydrogens is 394 g/mol. The van der Waals surface area contributed by atoms with Crippen LogP contribution in [0.2, 0.25) is 0 Å². The first-order valence-corrected chi connectivity index (χ1v) is 9.50. The van der Waals surface area contributed by atoms with E-state index in [9.17, 15) is 19.7 Å². The average Bonchev–Trinajstić information content (AvgIpc) is 3.23. The molecule has 0 unspecified atom stereocenters. The minimum atomic E-state index is -0.600. The fourth-order valence-corrected chi connectivity index (χ4v) is 4.27. The average molecular weight is 405 g/mol. The van der Waals surface area contributed by atoms with E-state index < -0.39 is 16.7 Å². The predicted octanol–water partition coefficient (Wildman–Crippen LogP) is 3.20. The van der Waals surface area contributed by atoms with Crippen molar-refractivity contribution in [1.82, 2.24) is 10.2 Å². The molecule has 1 fully saturated rings. The van der Waals surface area contributed by atoms with Crippen LogP contribution in [0.5, 0.6) is 0 Å². The quantitative estimate of drug-likeness (QED) is 0.206. The molecule has 7 nitrogen and oxygen atoms in total. The topological polar surface area (TPSA) is 92.6 Å². The van der Waals surface area contributed by atoms with Crippen LogP contribution in [0.1, 0.15) is 5.56 Å². The van der Waals surface area contributed by atoms with E-state index in [-0.39, 0.29) is 22.9 Å². The lowest BCUT2D eigenvalue weighted by Gasteiger charge is -2.27. The Balaban J connectivity index is 2.04. The van der Waals surface area contributed by atoms with E-state index in [1.807, 2.05) is 0 Å². The van der Waals surface area contributed by atoms with Crippen molar-refractivity contribution in [3.05, 3.63) is 55.4 Å². The number of thiocarbonyl (C=S) groups is 1. The molecule has 10 heteroatoms. The zero-order valence-electron chi connectivity index (χ0n) is 13.1. The van der Waals surface area contributed by atoms with E-state index in [1.165, 1.54) is 45.1 Å². The Morgan fingerprint density at radius 2 is 1.92 bits per heavy atom. The van der Waals surface area contributed by atoms with Crippen molar-refractivity contribution in [1.29, 1.82) is 0 Å². The summed E-state index contributed by atoms with van der Waals surface area (Å²) < 4.78 is 0. The van der Waals surface area contributed by atoms with Crippen LogP contribution in [0.3, 0.4) is 0 Å². The lowest BCUT2D eigenvalue weighted by atomic mass is 10.0. The van der Waals surface area contributed by atoms with Crippen LogP contribution in [-0.4, -0.2) is 33.3 Å². The fourth-order valence-electron chi connectivity index (χ4n) is 2.42. The third-order valence-corrected chi connectivity index (χ3v) is 5.43. The summed E-state index contributed by atoms with van der Waals surface area (Å²) in [4.78, 5) is 36.8. The van der Waals surface area contributed by atoms with Gasteiger partial charge in [0.2, 0.25) is 0 Å². The van der Waals surface area contributed by atoms with Gasteiger partial charge in [0.1, 0.15) is 5.57 Å². The summed E-state index contributed by atoms with van der Waals surface area (Å²) in [7, 11) is 0. The van der Waals surface area contributed by atoms with Gasteiger partial charge in [-0.3, -0.25) is 29.9 Å². The van der Waals surface area contributed by atoms with Gasteiger partial charge >= 0.3 is 0 Å². The van der Waals surface area contributed by atoms with E-state index in [2.05, 4.69) is 11.9 Å². The number of carbonyl (C=O) groups excluding carboxylic acids is 2. The molecule has 3 rings (SSSR count). The fraction of sp³-hybridized carbons (Fsp3) is 0.0625. The number of rotatable bonds is 5. The van der Waals surface area contributed by atoms with Crippen LogP contribution in [0.15, 0.2) is 39.7 Å². The lowest BCUT2D eigenvalue weighted by Crippen LogP contribution is -2.53. The monoisotopic (exact) mass is 405 g/mol. The molecule has 0 radical (unpaired) electrons. The van der Waals surface area contributed by atoms with Gasteiger partial charge in [0.05, 0.1) is 15.9 Å². The van der Waals surface area contributed by atoms with Gasteiger partial charge in [-0.15, -0.1) is 17.9 Å². The first kappa shape index (κ1) is 18.1. The van der Waals surface area contributed by atoms with Crippen molar-refractivity contribution in [2.45, 2.75) is 0 Å². The zero-order valence-corrected chi connectivity index (χ0v) is 15.6. The molecular formula is C16H11N3O4S3. The maximum Gasteiger partial charge on any atom is 0.287 e. The van der Waals surface area contributed by atoms with Crippen LogP contribution in [0, 0.1) is 10.1 Å². The Morgan fingerprint density at radius 1 is 1.23 bits per heavy atom. The lowest BCUT2D eigenvalue weighted by molar-refractivity contribution is -0.383. The molecule has 2 amide bonds. The van der Waals surface area contributed by atoms with E-state index in [0.717, 1.165) is 0 Å². The molecule has 2 aromatic rings. The molecule has 1 saturated heterocycles. The van der Waals surface area contributed by atoms with Crippen molar-refractivity contribution in [3.63, 3.8) is 0 Å². The number of hydrogen-bond donors (Lipinski definition) is 1. The number of nitro groups is 1. The standard InChI is InChI=1S/C16H11N3O4S3/c1-2-3-18-15(21)10(14(20)17-16(18)24)4-9-5-25-6-11(9)12-7-26-8-13(12)19(22)23/h2,4-8H,1,3H2,(H,17,20,24). The highest BCUT2D eigenvalue weighted by Crippen LogP contribution is 2.38. The van der Waals surface area contributed by atoms with Crippen molar-refractivity contribution in [3.8, 4) is 11.1 Å². The molecule has 132 valence electrons. The third-order valence-electron chi connectivity index (χ3n) is 3.62. The van der Waals surface area contributed by atoms with Crippen molar-refractivity contribution >= 4 is 63.6 Å². The second kappa shape index (κ2) is 7.28. The largest absolute Gasteiger partial charge is 0.298 e. The Kier molecular flexibility index (Phi) is 5.07. The molecule has 1 aliphatic rings. The molecule has 0 bridgehead atoms. The summed E-state index contributed by atoms with van der Waals surface area (Å²) in [5.41, 5.74) is 1.51. The van der Waals surface area contributed by atoms with Gasteiger partial charge in [0, 0.05) is 17.5 Å². The molecule has 0 spiro atoms. The molecule has 2 aromatic heterocycles.